The Labute approximate surface area is 156 Å². The first-order chi connectivity index (χ1) is 12.7. The van der Waals surface area contributed by atoms with E-state index in [1.165, 1.54) is 42.6 Å². The van der Waals surface area contributed by atoms with Gasteiger partial charge < -0.3 is 10.2 Å². The molecule has 1 atom stereocenters. The van der Waals surface area contributed by atoms with Crippen molar-refractivity contribution in [2.75, 3.05) is 19.6 Å². The van der Waals surface area contributed by atoms with Gasteiger partial charge in [0.1, 0.15) is 0 Å². The van der Waals surface area contributed by atoms with E-state index in [9.17, 15) is 4.79 Å². The smallest absolute Gasteiger partial charge is 0.251 e. The normalized spacial score (nSPS) is 24.4. The van der Waals surface area contributed by atoms with E-state index in [0.717, 1.165) is 24.9 Å². The monoisotopic (exact) mass is 348 g/mol. The molecule has 0 saturated carbocycles. The highest BCUT2D eigenvalue weighted by Gasteiger charge is 2.35. The molecule has 26 heavy (non-hydrogen) atoms. The van der Waals surface area contributed by atoms with Crippen molar-refractivity contribution in [1.29, 1.82) is 0 Å². The second kappa shape index (κ2) is 7.63. The van der Waals surface area contributed by atoms with Crippen molar-refractivity contribution in [1.82, 2.24) is 10.2 Å². The molecule has 3 nitrogen and oxygen atoms in total. The first-order valence-corrected chi connectivity index (χ1v) is 9.92. The highest BCUT2D eigenvalue weighted by atomic mass is 16.1. The molecule has 0 radical (unpaired) electrons. The lowest BCUT2D eigenvalue weighted by molar-refractivity contribution is 0.0620. The highest BCUT2D eigenvalue weighted by molar-refractivity contribution is 5.96. The Balaban J connectivity index is 1.58. The Morgan fingerprint density at radius 2 is 1.85 bits per heavy atom. The predicted octanol–water partition coefficient (Wildman–Crippen LogP) is 3.66. The molecular weight excluding hydrogens is 320 g/mol. The van der Waals surface area contributed by atoms with E-state index in [0.29, 0.717) is 12.0 Å². The molecule has 3 aliphatic heterocycles. The highest BCUT2D eigenvalue weighted by Crippen LogP contribution is 2.28. The quantitative estimate of drug-likeness (QED) is 0.894. The van der Waals surface area contributed by atoms with Crippen LogP contribution >= 0.6 is 0 Å². The van der Waals surface area contributed by atoms with Gasteiger partial charge in [-0.2, -0.15) is 0 Å². The first kappa shape index (κ1) is 17.3. The average Bonchev–Trinajstić information content (AvgIpc) is 2.70. The maximum Gasteiger partial charge on any atom is 0.251 e. The van der Waals surface area contributed by atoms with Crippen molar-refractivity contribution in [2.45, 2.75) is 38.6 Å². The van der Waals surface area contributed by atoms with Gasteiger partial charge in [0.25, 0.3) is 5.91 Å². The first-order valence-electron chi connectivity index (χ1n) is 9.92. The summed E-state index contributed by atoms with van der Waals surface area (Å²) in [7, 11) is 0. The third-order valence-electron chi connectivity index (χ3n) is 6.09. The second-order valence-electron chi connectivity index (χ2n) is 7.68. The van der Waals surface area contributed by atoms with Gasteiger partial charge in [0.15, 0.2) is 0 Å². The SMILES string of the molecule is CCc1cccc(C(=O)NC2CN3CCC2CC3)c1Cc1ccccc1. The lowest BCUT2D eigenvalue weighted by Crippen LogP contribution is -2.57. The molecule has 2 aromatic carbocycles. The maximum absolute atomic E-state index is 13.1. The number of rotatable bonds is 5. The topological polar surface area (TPSA) is 32.3 Å². The van der Waals surface area contributed by atoms with Crippen LogP contribution in [0.5, 0.6) is 0 Å². The fraction of sp³-hybridized carbons (Fsp3) is 0.435. The van der Waals surface area contributed by atoms with E-state index in [2.05, 4.69) is 47.5 Å². The number of aryl methyl sites for hydroxylation is 1. The van der Waals surface area contributed by atoms with Crippen LogP contribution in [-0.4, -0.2) is 36.5 Å². The molecule has 1 N–H and O–H groups in total. The number of carbonyl (C=O) groups is 1. The van der Waals surface area contributed by atoms with E-state index in [4.69, 9.17) is 0 Å². The standard InChI is InChI=1S/C23H28N2O/c1-2-18-9-6-10-20(21(18)15-17-7-4-3-5-8-17)23(26)24-22-16-25-13-11-19(22)12-14-25/h3-10,19,22H,2,11-16H2,1H3,(H,24,26). The molecule has 1 unspecified atom stereocenters. The van der Waals surface area contributed by atoms with Crippen molar-refractivity contribution in [2.24, 2.45) is 5.92 Å². The van der Waals surface area contributed by atoms with Gasteiger partial charge in [0.2, 0.25) is 0 Å². The van der Waals surface area contributed by atoms with Gasteiger partial charge in [-0.1, -0.05) is 49.4 Å². The van der Waals surface area contributed by atoms with Crippen molar-refractivity contribution < 1.29 is 4.79 Å². The maximum atomic E-state index is 13.1. The van der Waals surface area contributed by atoms with Crippen LogP contribution in [0.2, 0.25) is 0 Å². The van der Waals surface area contributed by atoms with Crippen LogP contribution in [0.25, 0.3) is 0 Å². The van der Waals surface area contributed by atoms with Crippen molar-refractivity contribution in [3.8, 4) is 0 Å². The Morgan fingerprint density at radius 1 is 1.08 bits per heavy atom. The molecule has 2 aromatic rings. The molecule has 136 valence electrons. The van der Waals surface area contributed by atoms with E-state index < -0.39 is 0 Å². The Bertz CT molecular complexity index is 763. The fourth-order valence-corrected chi connectivity index (χ4v) is 4.56. The summed E-state index contributed by atoms with van der Waals surface area (Å²) in [5.74, 6) is 0.751. The van der Waals surface area contributed by atoms with Crippen LogP contribution in [-0.2, 0) is 12.8 Å². The van der Waals surface area contributed by atoms with Gasteiger partial charge in [-0.05, 0) is 67.4 Å². The zero-order valence-corrected chi connectivity index (χ0v) is 15.6. The summed E-state index contributed by atoms with van der Waals surface area (Å²) in [5, 5.41) is 3.36. The number of nitrogens with one attached hydrogen (secondary N) is 1. The third-order valence-corrected chi connectivity index (χ3v) is 6.09. The fourth-order valence-electron chi connectivity index (χ4n) is 4.56. The number of hydrogen-bond acceptors (Lipinski definition) is 2. The molecule has 5 rings (SSSR count). The number of piperidine rings is 3. The summed E-state index contributed by atoms with van der Waals surface area (Å²) in [5.41, 5.74) is 4.56. The summed E-state index contributed by atoms with van der Waals surface area (Å²) in [6, 6.07) is 16.9. The summed E-state index contributed by atoms with van der Waals surface area (Å²) >= 11 is 0. The molecule has 3 heterocycles. The lowest BCUT2D eigenvalue weighted by Gasteiger charge is -2.45. The van der Waals surface area contributed by atoms with Gasteiger partial charge in [-0.3, -0.25) is 4.79 Å². The van der Waals surface area contributed by atoms with Crippen LogP contribution < -0.4 is 5.32 Å². The minimum Gasteiger partial charge on any atom is -0.348 e. The van der Waals surface area contributed by atoms with Gasteiger partial charge in [0.05, 0.1) is 0 Å². The van der Waals surface area contributed by atoms with Crippen molar-refractivity contribution >= 4 is 5.91 Å². The number of benzene rings is 2. The second-order valence-corrected chi connectivity index (χ2v) is 7.68. The van der Waals surface area contributed by atoms with Gasteiger partial charge in [0, 0.05) is 18.2 Å². The number of nitrogens with zero attached hydrogens (tertiary/aromatic N) is 1. The zero-order chi connectivity index (χ0) is 17.9. The van der Waals surface area contributed by atoms with Crippen LogP contribution in [0.4, 0.5) is 0 Å². The Kier molecular flexibility index (Phi) is 5.07. The van der Waals surface area contributed by atoms with Gasteiger partial charge in [-0.15, -0.1) is 0 Å². The van der Waals surface area contributed by atoms with E-state index in [-0.39, 0.29) is 5.91 Å². The average molecular weight is 348 g/mol. The molecule has 1 amide bonds. The molecule has 2 bridgehead atoms. The molecule has 3 aliphatic rings. The van der Waals surface area contributed by atoms with Crippen LogP contribution in [0, 0.1) is 5.92 Å². The Morgan fingerprint density at radius 3 is 2.50 bits per heavy atom. The Hall–Kier alpha value is -2.13. The molecule has 3 saturated heterocycles. The molecule has 0 aliphatic carbocycles. The van der Waals surface area contributed by atoms with E-state index in [1.807, 2.05) is 18.2 Å². The summed E-state index contributed by atoms with van der Waals surface area (Å²) in [4.78, 5) is 15.6. The summed E-state index contributed by atoms with van der Waals surface area (Å²) in [6.45, 7) is 5.57. The summed E-state index contributed by atoms with van der Waals surface area (Å²) in [6.07, 6.45) is 4.20. The number of hydrogen-bond donors (Lipinski definition) is 1. The van der Waals surface area contributed by atoms with Gasteiger partial charge >= 0.3 is 0 Å². The van der Waals surface area contributed by atoms with Crippen molar-refractivity contribution in [3.05, 3.63) is 70.8 Å². The largest absolute Gasteiger partial charge is 0.348 e. The zero-order valence-electron chi connectivity index (χ0n) is 15.6. The minimum atomic E-state index is 0.102. The molecule has 3 heteroatoms. The number of fused-ring (bicyclic) bond motifs is 3. The van der Waals surface area contributed by atoms with Crippen LogP contribution in [0.15, 0.2) is 48.5 Å². The van der Waals surface area contributed by atoms with E-state index in [1.54, 1.807) is 0 Å². The summed E-state index contributed by atoms with van der Waals surface area (Å²) < 4.78 is 0. The lowest BCUT2D eigenvalue weighted by atomic mass is 9.83. The van der Waals surface area contributed by atoms with Crippen LogP contribution in [0.1, 0.15) is 46.8 Å². The van der Waals surface area contributed by atoms with Crippen LogP contribution in [0.3, 0.4) is 0 Å². The molecule has 0 spiro atoms. The van der Waals surface area contributed by atoms with E-state index >= 15 is 0 Å². The predicted molar refractivity (Wildman–Crippen MR) is 105 cm³/mol. The number of amides is 1. The molecule has 3 fully saturated rings. The third kappa shape index (κ3) is 3.54. The van der Waals surface area contributed by atoms with Crippen molar-refractivity contribution in [3.63, 3.8) is 0 Å². The number of carbonyl (C=O) groups excluding carboxylic acids is 1. The molecular formula is C23H28N2O. The molecule has 0 aromatic heterocycles. The van der Waals surface area contributed by atoms with Gasteiger partial charge in [-0.25, -0.2) is 0 Å². The minimum absolute atomic E-state index is 0.102.